The maximum Gasteiger partial charge on any atom is 0.410 e. The van der Waals surface area contributed by atoms with Crippen molar-refractivity contribution in [1.82, 2.24) is 24.4 Å². The van der Waals surface area contributed by atoms with Crippen molar-refractivity contribution in [1.29, 1.82) is 0 Å². The third kappa shape index (κ3) is 3.95. The summed E-state index contributed by atoms with van der Waals surface area (Å²) in [7, 11) is 0. The summed E-state index contributed by atoms with van der Waals surface area (Å²) in [6.45, 7) is 9.79. The van der Waals surface area contributed by atoms with Gasteiger partial charge in [0.1, 0.15) is 29.5 Å². The number of hydrogen-bond donors (Lipinski definition) is 1. The topological polar surface area (TPSA) is 96.3 Å². The fourth-order valence-corrected chi connectivity index (χ4v) is 4.51. The Morgan fingerprint density at radius 3 is 2.59 bits per heavy atom. The molecule has 0 saturated carbocycles. The second-order valence-electron chi connectivity index (χ2n) is 8.10. The van der Waals surface area contributed by atoms with Gasteiger partial charge < -0.3 is 19.2 Å². The molecule has 1 unspecified atom stereocenters. The summed E-state index contributed by atoms with van der Waals surface area (Å²) in [5.74, 6) is 1.61. The highest BCUT2D eigenvalue weighted by Gasteiger charge is 2.35. The van der Waals surface area contributed by atoms with Crippen LogP contribution in [0, 0.1) is 6.92 Å². The van der Waals surface area contributed by atoms with Crippen LogP contribution in [-0.4, -0.2) is 67.4 Å². The average Bonchev–Trinajstić information content (AvgIpc) is 3.34. The molecule has 0 radical (unpaired) electrons. The van der Waals surface area contributed by atoms with E-state index >= 15 is 0 Å². The fraction of sp³-hybridized carbons (Fsp3) is 0.526. The summed E-state index contributed by atoms with van der Waals surface area (Å²) in [6, 6.07) is 3.56. The molecule has 3 aromatic heterocycles. The number of piperazine rings is 1. The van der Waals surface area contributed by atoms with Crippen molar-refractivity contribution in [2.24, 2.45) is 0 Å². The van der Waals surface area contributed by atoms with E-state index < -0.39 is 5.60 Å². The van der Waals surface area contributed by atoms with Gasteiger partial charge in [0.25, 0.3) is 0 Å². The predicted octanol–water partition coefficient (Wildman–Crippen LogP) is 3.04. The molecule has 1 fully saturated rings. The first-order valence-electron chi connectivity index (χ1n) is 9.52. The summed E-state index contributed by atoms with van der Waals surface area (Å²) in [6.07, 6.45) is 1.12. The molecule has 0 spiro atoms. The van der Waals surface area contributed by atoms with Crippen LogP contribution in [0.2, 0.25) is 0 Å². The maximum atomic E-state index is 12.4. The van der Waals surface area contributed by atoms with Crippen LogP contribution in [-0.2, 0) is 4.74 Å². The summed E-state index contributed by atoms with van der Waals surface area (Å²) in [5.41, 5.74) is -0.521. The number of furan rings is 1. The van der Waals surface area contributed by atoms with Crippen molar-refractivity contribution in [2.75, 3.05) is 26.2 Å². The van der Waals surface area contributed by atoms with Gasteiger partial charge >= 0.3 is 6.09 Å². The molecule has 9 nitrogen and oxygen atoms in total. The first-order valence-corrected chi connectivity index (χ1v) is 10.3. The van der Waals surface area contributed by atoms with Crippen molar-refractivity contribution >= 4 is 22.4 Å². The van der Waals surface area contributed by atoms with Gasteiger partial charge in [-0.15, -0.1) is 0 Å². The van der Waals surface area contributed by atoms with Gasteiger partial charge in [-0.1, -0.05) is 11.3 Å². The molecule has 1 saturated heterocycles. The van der Waals surface area contributed by atoms with Gasteiger partial charge in [-0.2, -0.15) is 9.61 Å². The largest absolute Gasteiger partial charge is 0.492 e. The highest BCUT2D eigenvalue weighted by atomic mass is 32.1. The molecule has 1 aliphatic rings. The van der Waals surface area contributed by atoms with Gasteiger partial charge in [-0.3, -0.25) is 4.90 Å². The summed E-state index contributed by atoms with van der Waals surface area (Å²) < 4.78 is 12.8. The second kappa shape index (κ2) is 7.34. The maximum absolute atomic E-state index is 12.4. The minimum atomic E-state index is -0.521. The zero-order valence-corrected chi connectivity index (χ0v) is 17.8. The van der Waals surface area contributed by atoms with Crippen LogP contribution >= 0.6 is 11.3 Å². The number of aryl methyl sites for hydroxylation is 1. The zero-order chi connectivity index (χ0) is 20.8. The van der Waals surface area contributed by atoms with Crippen molar-refractivity contribution < 1.29 is 19.1 Å². The molecule has 156 valence electrons. The Kier molecular flexibility index (Phi) is 4.99. The molecular formula is C19H25N5O4S. The fourth-order valence-electron chi connectivity index (χ4n) is 3.44. The normalized spacial score (nSPS) is 17.0. The van der Waals surface area contributed by atoms with E-state index in [0.717, 1.165) is 16.4 Å². The van der Waals surface area contributed by atoms with Gasteiger partial charge in [-0.25, -0.2) is 9.78 Å². The molecule has 29 heavy (non-hydrogen) atoms. The molecule has 1 aliphatic heterocycles. The van der Waals surface area contributed by atoms with E-state index in [1.54, 1.807) is 4.90 Å². The quantitative estimate of drug-likeness (QED) is 0.697. The molecule has 0 aliphatic carbocycles. The van der Waals surface area contributed by atoms with Gasteiger partial charge in [0.2, 0.25) is 10.8 Å². The molecule has 1 N–H and O–H groups in total. The average molecular weight is 420 g/mol. The number of carbonyl (C=O) groups is 1. The van der Waals surface area contributed by atoms with Crippen molar-refractivity contribution in [2.45, 2.75) is 39.3 Å². The lowest BCUT2D eigenvalue weighted by Crippen LogP contribution is -2.50. The van der Waals surface area contributed by atoms with E-state index in [-0.39, 0.29) is 18.0 Å². The summed E-state index contributed by atoms with van der Waals surface area (Å²) >= 11 is 1.38. The number of carbonyl (C=O) groups excluding carboxylic acids is 1. The SMILES string of the molecule is Cc1ccc(C(c2sc3ncnn3c2O)N2CCN(C(=O)OC(C)(C)C)CC2)o1. The number of thiazole rings is 1. The van der Waals surface area contributed by atoms with Crippen molar-refractivity contribution in [3.8, 4) is 5.88 Å². The number of fused-ring (bicyclic) bond motifs is 1. The number of aromatic hydroxyl groups is 1. The number of rotatable bonds is 3. The van der Waals surface area contributed by atoms with Crippen LogP contribution in [0.5, 0.6) is 5.88 Å². The number of nitrogens with zero attached hydrogens (tertiary/aromatic N) is 5. The van der Waals surface area contributed by atoms with E-state index in [4.69, 9.17) is 9.15 Å². The smallest absolute Gasteiger partial charge is 0.410 e. The van der Waals surface area contributed by atoms with E-state index in [1.807, 2.05) is 39.8 Å². The molecule has 4 rings (SSSR count). The Hall–Kier alpha value is -2.59. The van der Waals surface area contributed by atoms with Crippen molar-refractivity contribution in [3.05, 3.63) is 34.9 Å². The predicted molar refractivity (Wildman–Crippen MR) is 107 cm³/mol. The first-order chi connectivity index (χ1) is 13.7. The van der Waals surface area contributed by atoms with Crippen LogP contribution in [0.15, 0.2) is 22.9 Å². The van der Waals surface area contributed by atoms with Crippen LogP contribution in [0.25, 0.3) is 4.96 Å². The van der Waals surface area contributed by atoms with Crippen LogP contribution in [0.3, 0.4) is 0 Å². The first kappa shape index (κ1) is 19.7. The molecular weight excluding hydrogens is 394 g/mol. The van der Waals surface area contributed by atoms with Crippen LogP contribution < -0.4 is 0 Å². The summed E-state index contributed by atoms with van der Waals surface area (Å²) in [4.78, 5) is 21.8. The van der Waals surface area contributed by atoms with Crippen LogP contribution in [0.4, 0.5) is 4.79 Å². The lowest BCUT2D eigenvalue weighted by Gasteiger charge is -2.38. The monoisotopic (exact) mass is 419 g/mol. The van der Waals surface area contributed by atoms with E-state index in [9.17, 15) is 9.90 Å². The molecule has 10 heteroatoms. The summed E-state index contributed by atoms with van der Waals surface area (Å²) in [5, 5.41) is 14.8. The molecule has 3 aromatic rings. The highest BCUT2D eigenvalue weighted by Crippen LogP contribution is 2.40. The number of ether oxygens (including phenoxy) is 1. The Labute approximate surface area is 172 Å². The minimum Gasteiger partial charge on any atom is -0.492 e. The van der Waals surface area contributed by atoms with E-state index in [2.05, 4.69) is 15.0 Å². The molecule has 1 amide bonds. The number of amides is 1. The Balaban J connectivity index is 1.58. The van der Waals surface area contributed by atoms with Gasteiger partial charge in [0.15, 0.2) is 0 Å². The second-order valence-corrected chi connectivity index (χ2v) is 9.11. The molecule has 4 heterocycles. The minimum absolute atomic E-state index is 0.0659. The Morgan fingerprint density at radius 1 is 1.28 bits per heavy atom. The Bertz CT molecular complexity index is 1010. The van der Waals surface area contributed by atoms with Gasteiger partial charge in [0, 0.05) is 26.2 Å². The lowest BCUT2D eigenvalue weighted by atomic mass is 10.1. The Morgan fingerprint density at radius 2 is 2.00 bits per heavy atom. The number of aromatic nitrogens is 3. The van der Waals surface area contributed by atoms with Crippen molar-refractivity contribution in [3.63, 3.8) is 0 Å². The standard InChI is InChI=1S/C19H25N5O4S/c1-12-5-6-13(27-12)14(15-16(25)24-17(29-15)20-11-21-24)22-7-9-23(10-8-22)18(26)28-19(2,3)4/h5-6,11,14,25H,7-10H2,1-4H3. The van der Waals surface area contributed by atoms with E-state index in [0.29, 0.717) is 31.1 Å². The highest BCUT2D eigenvalue weighted by molar-refractivity contribution is 7.17. The third-order valence-corrected chi connectivity index (χ3v) is 5.84. The third-order valence-electron chi connectivity index (χ3n) is 4.75. The van der Waals surface area contributed by atoms with Crippen LogP contribution in [0.1, 0.15) is 43.2 Å². The zero-order valence-electron chi connectivity index (χ0n) is 17.0. The van der Waals surface area contributed by atoms with E-state index in [1.165, 1.54) is 22.2 Å². The molecule has 0 aromatic carbocycles. The lowest BCUT2D eigenvalue weighted by molar-refractivity contribution is 0.0112. The molecule has 0 bridgehead atoms. The molecule has 1 atom stereocenters. The van der Waals surface area contributed by atoms with Gasteiger partial charge in [0.05, 0.1) is 4.88 Å². The number of hydrogen-bond acceptors (Lipinski definition) is 8. The van der Waals surface area contributed by atoms with Gasteiger partial charge in [-0.05, 0) is 39.8 Å².